The summed E-state index contributed by atoms with van der Waals surface area (Å²) in [4.78, 5) is 2.17. The minimum atomic E-state index is -0.518. The zero-order valence-corrected chi connectivity index (χ0v) is 12.5. The lowest BCUT2D eigenvalue weighted by Gasteiger charge is -2.41. The molecule has 0 spiro atoms. The zero-order chi connectivity index (χ0) is 13.9. The van der Waals surface area contributed by atoms with Crippen molar-refractivity contribution in [2.75, 3.05) is 20.6 Å². The van der Waals surface area contributed by atoms with Gasteiger partial charge in [0.2, 0.25) is 0 Å². The molecule has 19 heavy (non-hydrogen) atoms. The van der Waals surface area contributed by atoms with E-state index in [2.05, 4.69) is 50.2 Å². The first-order valence-electron chi connectivity index (χ1n) is 7.45. The Hall–Kier alpha value is -0.860. The summed E-state index contributed by atoms with van der Waals surface area (Å²) in [6.07, 6.45) is 5.33. The first kappa shape index (κ1) is 14.5. The van der Waals surface area contributed by atoms with E-state index in [-0.39, 0.29) is 0 Å². The highest BCUT2D eigenvalue weighted by molar-refractivity contribution is 5.28. The van der Waals surface area contributed by atoms with E-state index in [1.165, 1.54) is 17.5 Å². The van der Waals surface area contributed by atoms with Crippen LogP contribution < -0.4 is 0 Å². The third-order valence-electron chi connectivity index (χ3n) is 4.44. The van der Waals surface area contributed by atoms with Gasteiger partial charge in [0.05, 0.1) is 5.60 Å². The van der Waals surface area contributed by atoms with Gasteiger partial charge in [0.15, 0.2) is 0 Å². The topological polar surface area (TPSA) is 23.5 Å². The summed E-state index contributed by atoms with van der Waals surface area (Å²) in [6, 6.07) is 8.68. The Balaban J connectivity index is 2.19. The third kappa shape index (κ3) is 3.58. The fourth-order valence-corrected chi connectivity index (χ4v) is 3.30. The largest absolute Gasteiger partial charge is 0.389 e. The van der Waals surface area contributed by atoms with E-state index in [0.717, 1.165) is 32.2 Å². The molecule has 2 rings (SSSR count). The van der Waals surface area contributed by atoms with Gasteiger partial charge in [-0.2, -0.15) is 0 Å². The monoisotopic (exact) mass is 261 g/mol. The Kier molecular flexibility index (Phi) is 4.64. The van der Waals surface area contributed by atoms with Crippen LogP contribution in [-0.4, -0.2) is 36.2 Å². The molecule has 0 amide bonds. The van der Waals surface area contributed by atoms with E-state index in [9.17, 15) is 5.11 Å². The van der Waals surface area contributed by atoms with E-state index >= 15 is 0 Å². The SMILES string of the molecule is Cc1cccc(C2CCCCC2(O)CCN(C)C)c1. The molecule has 2 heteroatoms. The summed E-state index contributed by atoms with van der Waals surface area (Å²) >= 11 is 0. The molecule has 0 radical (unpaired) electrons. The van der Waals surface area contributed by atoms with Crippen LogP contribution in [0.3, 0.4) is 0 Å². The van der Waals surface area contributed by atoms with Gasteiger partial charge in [-0.3, -0.25) is 0 Å². The molecule has 1 fully saturated rings. The lowest BCUT2D eigenvalue weighted by molar-refractivity contribution is -0.0287. The fourth-order valence-electron chi connectivity index (χ4n) is 3.30. The van der Waals surface area contributed by atoms with Crippen LogP contribution in [0.25, 0.3) is 0 Å². The molecule has 1 aromatic rings. The average molecular weight is 261 g/mol. The predicted molar refractivity (Wildman–Crippen MR) is 80.5 cm³/mol. The lowest BCUT2D eigenvalue weighted by atomic mass is 9.70. The van der Waals surface area contributed by atoms with Crippen LogP contribution in [-0.2, 0) is 0 Å². The quantitative estimate of drug-likeness (QED) is 0.898. The summed E-state index contributed by atoms with van der Waals surface area (Å²) in [6.45, 7) is 3.09. The molecule has 1 aliphatic rings. The Labute approximate surface area is 117 Å². The Morgan fingerprint density at radius 2 is 2.11 bits per heavy atom. The van der Waals surface area contributed by atoms with Gasteiger partial charge in [0.25, 0.3) is 0 Å². The van der Waals surface area contributed by atoms with E-state index < -0.39 is 5.60 Å². The van der Waals surface area contributed by atoms with Crippen molar-refractivity contribution < 1.29 is 5.11 Å². The summed E-state index contributed by atoms with van der Waals surface area (Å²) in [5.74, 6) is 0.307. The van der Waals surface area contributed by atoms with Crippen LogP contribution in [0.15, 0.2) is 24.3 Å². The predicted octanol–water partition coefficient (Wildman–Crippen LogP) is 3.34. The number of aliphatic hydroxyl groups is 1. The standard InChI is InChI=1S/C17H27NO/c1-14-7-6-8-15(13-14)16-9-4-5-10-17(16,19)11-12-18(2)3/h6-8,13,16,19H,4-5,9-12H2,1-3H3. The molecule has 0 aromatic heterocycles. The first-order chi connectivity index (χ1) is 9.01. The van der Waals surface area contributed by atoms with Crippen molar-refractivity contribution in [2.45, 2.75) is 50.5 Å². The lowest BCUT2D eigenvalue weighted by Crippen LogP contribution is -2.41. The van der Waals surface area contributed by atoms with Crippen molar-refractivity contribution in [1.29, 1.82) is 0 Å². The maximum absolute atomic E-state index is 11.1. The maximum atomic E-state index is 11.1. The maximum Gasteiger partial charge on any atom is 0.0728 e. The Bertz CT molecular complexity index is 415. The van der Waals surface area contributed by atoms with Gasteiger partial charge in [-0.05, 0) is 45.8 Å². The molecule has 1 N–H and O–H groups in total. The second-order valence-electron chi connectivity index (χ2n) is 6.37. The number of aryl methyl sites for hydroxylation is 1. The number of hydrogen-bond donors (Lipinski definition) is 1. The van der Waals surface area contributed by atoms with Gasteiger partial charge in [-0.25, -0.2) is 0 Å². The van der Waals surface area contributed by atoms with Gasteiger partial charge >= 0.3 is 0 Å². The molecule has 1 aromatic carbocycles. The molecule has 0 saturated heterocycles. The van der Waals surface area contributed by atoms with Crippen molar-refractivity contribution in [3.8, 4) is 0 Å². The molecule has 0 bridgehead atoms. The molecular weight excluding hydrogens is 234 g/mol. The normalized spacial score (nSPS) is 27.7. The van der Waals surface area contributed by atoms with Crippen molar-refractivity contribution >= 4 is 0 Å². The number of rotatable bonds is 4. The van der Waals surface area contributed by atoms with Crippen LogP contribution in [0.4, 0.5) is 0 Å². The molecule has 2 unspecified atom stereocenters. The molecular formula is C17H27NO. The first-order valence-corrected chi connectivity index (χ1v) is 7.45. The Morgan fingerprint density at radius 1 is 1.32 bits per heavy atom. The number of benzene rings is 1. The van der Waals surface area contributed by atoms with Crippen molar-refractivity contribution in [3.05, 3.63) is 35.4 Å². The van der Waals surface area contributed by atoms with E-state index in [4.69, 9.17) is 0 Å². The second-order valence-corrected chi connectivity index (χ2v) is 6.37. The fraction of sp³-hybridized carbons (Fsp3) is 0.647. The average Bonchev–Trinajstić information content (AvgIpc) is 2.37. The second kappa shape index (κ2) is 6.06. The molecule has 0 aliphatic heterocycles. The molecule has 1 aliphatic carbocycles. The summed E-state index contributed by atoms with van der Waals surface area (Å²) in [7, 11) is 4.15. The highest BCUT2D eigenvalue weighted by Crippen LogP contribution is 2.43. The summed E-state index contributed by atoms with van der Waals surface area (Å²) < 4.78 is 0. The Morgan fingerprint density at radius 3 is 2.79 bits per heavy atom. The van der Waals surface area contributed by atoms with Gasteiger partial charge < -0.3 is 10.0 Å². The molecule has 2 atom stereocenters. The summed E-state index contributed by atoms with van der Waals surface area (Å²) in [5, 5.41) is 11.1. The van der Waals surface area contributed by atoms with Gasteiger partial charge in [0, 0.05) is 12.5 Å². The van der Waals surface area contributed by atoms with E-state index in [1.54, 1.807) is 0 Å². The molecule has 2 nitrogen and oxygen atoms in total. The van der Waals surface area contributed by atoms with Crippen LogP contribution in [0.5, 0.6) is 0 Å². The van der Waals surface area contributed by atoms with Crippen molar-refractivity contribution in [3.63, 3.8) is 0 Å². The van der Waals surface area contributed by atoms with Crippen LogP contribution in [0.2, 0.25) is 0 Å². The molecule has 0 heterocycles. The van der Waals surface area contributed by atoms with Crippen molar-refractivity contribution in [1.82, 2.24) is 4.90 Å². The van der Waals surface area contributed by atoms with Crippen LogP contribution in [0.1, 0.15) is 49.1 Å². The summed E-state index contributed by atoms with van der Waals surface area (Å²) in [5.41, 5.74) is 2.09. The number of hydrogen-bond acceptors (Lipinski definition) is 2. The van der Waals surface area contributed by atoms with Gasteiger partial charge in [-0.15, -0.1) is 0 Å². The highest BCUT2D eigenvalue weighted by Gasteiger charge is 2.39. The van der Waals surface area contributed by atoms with Crippen molar-refractivity contribution in [2.24, 2.45) is 0 Å². The smallest absolute Gasteiger partial charge is 0.0728 e. The zero-order valence-electron chi connectivity index (χ0n) is 12.5. The van der Waals surface area contributed by atoms with Gasteiger partial charge in [-0.1, -0.05) is 42.7 Å². The van der Waals surface area contributed by atoms with E-state index in [0.29, 0.717) is 5.92 Å². The minimum absolute atomic E-state index is 0.307. The van der Waals surface area contributed by atoms with Gasteiger partial charge in [0.1, 0.15) is 0 Å². The number of nitrogens with zero attached hydrogens (tertiary/aromatic N) is 1. The molecule has 106 valence electrons. The molecule has 1 saturated carbocycles. The van der Waals surface area contributed by atoms with E-state index in [1.807, 2.05) is 0 Å². The third-order valence-corrected chi connectivity index (χ3v) is 4.44. The van der Waals surface area contributed by atoms with Crippen LogP contribution >= 0.6 is 0 Å². The van der Waals surface area contributed by atoms with Crippen LogP contribution in [0, 0.1) is 6.92 Å². The minimum Gasteiger partial charge on any atom is -0.389 e. The highest BCUT2D eigenvalue weighted by atomic mass is 16.3.